The van der Waals surface area contributed by atoms with E-state index in [2.05, 4.69) is 22.4 Å². The van der Waals surface area contributed by atoms with Gasteiger partial charge in [-0.3, -0.25) is 9.78 Å². The van der Waals surface area contributed by atoms with Gasteiger partial charge in [0, 0.05) is 43.7 Å². The number of anilines is 1. The van der Waals surface area contributed by atoms with Crippen LogP contribution >= 0.6 is 0 Å². The van der Waals surface area contributed by atoms with Crippen molar-refractivity contribution in [2.45, 2.75) is 19.0 Å². The molecule has 1 saturated heterocycles. The van der Waals surface area contributed by atoms with E-state index in [1.165, 1.54) is 11.1 Å². The number of carbonyl (C=O) groups is 1. The van der Waals surface area contributed by atoms with Crippen molar-refractivity contribution in [3.63, 3.8) is 0 Å². The van der Waals surface area contributed by atoms with Crippen LogP contribution in [0.15, 0.2) is 36.7 Å². The Morgan fingerprint density at radius 2 is 2.28 bits per heavy atom. The predicted octanol–water partition coefficient (Wildman–Crippen LogP) is 2.16. The second-order valence-corrected chi connectivity index (χ2v) is 6.39. The average Bonchev–Trinajstić information content (AvgIpc) is 3.10. The summed E-state index contributed by atoms with van der Waals surface area (Å²) >= 11 is 0. The molecule has 1 amide bonds. The lowest BCUT2D eigenvalue weighted by molar-refractivity contribution is -0.146. The molecule has 4 rings (SSSR count). The zero-order chi connectivity index (χ0) is 17.2. The van der Waals surface area contributed by atoms with Gasteiger partial charge in [-0.25, -0.2) is 0 Å². The molecule has 25 heavy (non-hydrogen) atoms. The van der Waals surface area contributed by atoms with Crippen molar-refractivity contribution in [3.8, 4) is 5.75 Å². The van der Waals surface area contributed by atoms with E-state index in [4.69, 9.17) is 9.47 Å². The smallest absolute Gasteiger partial charge is 0.248 e. The number of benzene rings is 1. The van der Waals surface area contributed by atoms with Crippen LogP contribution in [0.3, 0.4) is 0 Å². The molecule has 2 aliphatic rings. The van der Waals surface area contributed by atoms with Crippen LogP contribution in [-0.2, 0) is 22.5 Å². The summed E-state index contributed by atoms with van der Waals surface area (Å²) in [7, 11) is 1.81. The summed E-state index contributed by atoms with van der Waals surface area (Å²) in [6, 6.07) is 8.13. The molecule has 130 valence electrons. The van der Waals surface area contributed by atoms with Gasteiger partial charge in [0.15, 0.2) is 0 Å². The number of rotatable bonds is 4. The number of amides is 1. The first-order chi connectivity index (χ1) is 12.2. The highest BCUT2D eigenvalue weighted by Gasteiger charge is 2.28. The van der Waals surface area contributed by atoms with Gasteiger partial charge in [-0.2, -0.15) is 0 Å². The number of nitrogens with zero attached hydrogens (tertiary/aromatic N) is 2. The molecular weight excluding hydrogens is 318 g/mol. The molecule has 0 saturated carbocycles. The summed E-state index contributed by atoms with van der Waals surface area (Å²) in [4.78, 5) is 17.9. The van der Waals surface area contributed by atoms with E-state index in [9.17, 15) is 4.79 Å². The van der Waals surface area contributed by atoms with Gasteiger partial charge in [0.1, 0.15) is 12.4 Å². The van der Waals surface area contributed by atoms with Gasteiger partial charge in [-0.15, -0.1) is 0 Å². The maximum absolute atomic E-state index is 11.9. The fraction of sp³-hybridized carbons (Fsp3) is 0.368. The van der Waals surface area contributed by atoms with Crippen molar-refractivity contribution in [1.82, 2.24) is 9.88 Å². The summed E-state index contributed by atoms with van der Waals surface area (Å²) in [6.07, 6.45) is 4.53. The van der Waals surface area contributed by atoms with E-state index in [0.29, 0.717) is 13.2 Å². The topological polar surface area (TPSA) is 63.7 Å². The maximum atomic E-state index is 11.9. The van der Waals surface area contributed by atoms with Crippen molar-refractivity contribution < 1.29 is 14.3 Å². The van der Waals surface area contributed by atoms with Crippen molar-refractivity contribution in [3.05, 3.63) is 53.3 Å². The second kappa shape index (κ2) is 6.72. The molecule has 1 unspecified atom stereocenters. The van der Waals surface area contributed by atoms with Gasteiger partial charge >= 0.3 is 0 Å². The number of carbonyl (C=O) groups excluding carboxylic acids is 1. The number of fused-ring (bicyclic) bond motifs is 1. The minimum Gasteiger partial charge on any atom is -0.493 e. The summed E-state index contributed by atoms with van der Waals surface area (Å²) in [5, 5.41) is 3.48. The SMILES string of the molecule is CN1C(=O)COCC1c1cnccc1NCc1ccc2c(c1)CCO2. The number of aromatic nitrogens is 1. The number of morpholine rings is 1. The Labute approximate surface area is 146 Å². The number of likely N-dealkylation sites (N-methyl/N-ethyl adjacent to an activating group) is 1. The Hall–Kier alpha value is -2.60. The highest BCUT2D eigenvalue weighted by atomic mass is 16.5. The first kappa shape index (κ1) is 15.9. The van der Waals surface area contributed by atoms with Crippen molar-refractivity contribution >= 4 is 11.6 Å². The third-order valence-electron chi connectivity index (χ3n) is 4.81. The van der Waals surface area contributed by atoms with Crippen LogP contribution in [0, 0.1) is 0 Å². The van der Waals surface area contributed by atoms with Crippen LogP contribution in [0.4, 0.5) is 5.69 Å². The second-order valence-electron chi connectivity index (χ2n) is 6.39. The van der Waals surface area contributed by atoms with Gasteiger partial charge < -0.3 is 19.7 Å². The molecule has 1 fully saturated rings. The summed E-state index contributed by atoms with van der Waals surface area (Å²) in [5.74, 6) is 0.984. The summed E-state index contributed by atoms with van der Waals surface area (Å²) in [6.45, 7) is 2.10. The van der Waals surface area contributed by atoms with Gasteiger partial charge in [-0.05, 0) is 23.3 Å². The quantitative estimate of drug-likeness (QED) is 0.925. The first-order valence-corrected chi connectivity index (χ1v) is 8.48. The van der Waals surface area contributed by atoms with E-state index in [1.54, 1.807) is 11.1 Å². The average molecular weight is 339 g/mol. The Balaban J connectivity index is 1.52. The molecule has 2 aliphatic heterocycles. The lowest BCUT2D eigenvalue weighted by atomic mass is 10.0. The molecule has 0 bridgehead atoms. The summed E-state index contributed by atoms with van der Waals surface area (Å²) < 4.78 is 11.0. The van der Waals surface area contributed by atoms with Crippen molar-refractivity contribution in [2.24, 2.45) is 0 Å². The third kappa shape index (κ3) is 3.17. The number of nitrogens with one attached hydrogen (secondary N) is 1. The Morgan fingerprint density at radius 3 is 3.20 bits per heavy atom. The van der Waals surface area contributed by atoms with Crippen LogP contribution < -0.4 is 10.1 Å². The zero-order valence-corrected chi connectivity index (χ0v) is 14.2. The lowest BCUT2D eigenvalue weighted by Crippen LogP contribution is -2.41. The van der Waals surface area contributed by atoms with Gasteiger partial charge in [-0.1, -0.05) is 12.1 Å². The van der Waals surface area contributed by atoms with Crippen LogP contribution in [0.25, 0.3) is 0 Å². The van der Waals surface area contributed by atoms with Gasteiger partial charge in [0.25, 0.3) is 0 Å². The molecule has 0 radical (unpaired) electrons. The van der Waals surface area contributed by atoms with Crippen molar-refractivity contribution in [2.75, 3.05) is 32.2 Å². The normalized spacial score (nSPS) is 19.5. The number of pyridine rings is 1. The minimum atomic E-state index is -0.120. The molecular formula is C19H21N3O3. The molecule has 0 aliphatic carbocycles. The standard InChI is InChI=1S/C19H21N3O3/c1-22-17(11-24-12-19(22)23)15-10-20-6-4-16(15)21-9-13-2-3-18-14(8-13)5-7-25-18/h2-4,6,8,10,17H,5,7,9,11-12H2,1H3,(H,20,21). The van der Waals surface area contributed by atoms with Crippen LogP contribution in [-0.4, -0.2) is 42.7 Å². The van der Waals surface area contributed by atoms with Crippen LogP contribution in [0.5, 0.6) is 5.75 Å². The maximum Gasteiger partial charge on any atom is 0.248 e. The van der Waals surface area contributed by atoms with Gasteiger partial charge in [0.05, 0.1) is 19.3 Å². The highest BCUT2D eigenvalue weighted by molar-refractivity contribution is 5.78. The Bertz CT molecular complexity index is 793. The van der Waals surface area contributed by atoms with Gasteiger partial charge in [0.2, 0.25) is 5.91 Å². The van der Waals surface area contributed by atoms with E-state index < -0.39 is 0 Å². The first-order valence-electron chi connectivity index (χ1n) is 8.48. The third-order valence-corrected chi connectivity index (χ3v) is 4.81. The molecule has 1 atom stereocenters. The Kier molecular flexibility index (Phi) is 4.28. The monoisotopic (exact) mass is 339 g/mol. The van der Waals surface area contributed by atoms with E-state index in [-0.39, 0.29) is 18.6 Å². The molecule has 1 aromatic carbocycles. The highest BCUT2D eigenvalue weighted by Crippen LogP contribution is 2.30. The fourth-order valence-corrected chi connectivity index (χ4v) is 3.32. The molecule has 1 aromatic heterocycles. The minimum absolute atomic E-state index is 0.00956. The Morgan fingerprint density at radius 1 is 1.36 bits per heavy atom. The fourth-order valence-electron chi connectivity index (χ4n) is 3.32. The number of ether oxygens (including phenoxy) is 2. The molecule has 2 aromatic rings. The molecule has 1 N–H and O–H groups in total. The van der Waals surface area contributed by atoms with E-state index in [0.717, 1.165) is 30.0 Å². The summed E-state index contributed by atoms with van der Waals surface area (Å²) in [5.41, 5.74) is 4.42. The largest absolute Gasteiger partial charge is 0.493 e. The lowest BCUT2D eigenvalue weighted by Gasteiger charge is -2.33. The molecule has 3 heterocycles. The van der Waals surface area contributed by atoms with Crippen LogP contribution in [0.2, 0.25) is 0 Å². The van der Waals surface area contributed by atoms with E-state index in [1.807, 2.05) is 25.4 Å². The predicted molar refractivity (Wildman–Crippen MR) is 93.5 cm³/mol. The zero-order valence-electron chi connectivity index (χ0n) is 14.2. The number of hydrogen-bond donors (Lipinski definition) is 1. The molecule has 6 heteroatoms. The molecule has 6 nitrogen and oxygen atoms in total. The van der Waals surface area contributed by atoms with E-state index >= 15 is 0 Å². The van der Waals surface area contributed by atoms with Crippen LogP contribution in [0.1, 0.15) is 22.7 Å². The number of hydrogen-bond acceptors (Lipinski definition) is 5. The molecule has 0 spiro atoms. The van der Waals surface area contributed by atoms with Crippen molar-refractivity contribution in [1.29, 1.82) is 0 Å².